The molecule has 0 unspecified atom stereocenters. The second-order valence-electron chi connectivity index (χ2n) is 8.35. The van der Waals surface area contributed by atoms with Crippen molar-refractivity contribution in [3.63, 3.8) is 0 Å². The van der Waals surface area contributed by atoms with Crippen LogP contribution in [-0.2, 0) is 9.53 Å². The lowest BCUT2D eigenvalue weighted by Gasteiger charge is -2.35. The van der Waals surface area contributed by atoms with Crippen molar-refractivity contribution in [2.75, 3.05) is 81.6 Å². The van der Waals surface area contributed by atoms with Crippen molar-refractivity contribution in [1.82, 2.24) is 29.8 Å². The summed E-state index contributed by atoms with van der Waals surface area (Å²) in [5.41, 5.74) is 5.02. The number of ether oxygens (including phenoxy) is 1. The van der Waals surface area contributed by atoms with Gasteiger partial charge in [-0.2, -0.15) is 15.0 Å². The lowest BCUT2D eigenvalue weighted by molar-refractivity contribution is -0.627. The topological polar surface area (TPSA) is 143 Å². The summed E-state index contributed by atoms with van der Waals surface area (Å²) in [6.07, 6.45) is -0.293. The number of nitrogens with zero attached hydrogens (tertiary/aromatic N) is 8. The number of nitrogens with two attached hydrogens (primary N) is 2. The van der Waals surface area contributed by atoms with Crippen LogP contribution in [-0.4, -0.2) is 102 Å². The fraction of sp³-hybridized carbons (Fsp3) is 0.619. The van der Waals surface area contributed by atoms with Crippen LogP contribution in [0.4, 0.5) is 26.6 Å². The molecule has 2 aliphatic heterocycles. The smallest absolute Gasteiger partial charge is 0.281 e. The van der Waals surface area contributed by atoms with E-state index in [4.69, 9.17) is 10.5 Å². The van der Waals surface area contributed by atoms with Crippen LogP contribution in [0.5, 0.6) is 0 Å². The fourth-order valence-electron chi connectivity index (χ4n) is 4.04. The molecular weight excluding hydrogens is 498 g/mol. The number of amides is 1. The van der Waals surface area contributed by atoms with Crippen LogP contribution < -0.4 is 33.3 Å². The summed E-state index contributed by atoms with van der Waals surface area (Å²) in [5, 5.41) is 2.06. The molecular formula is C21H31ClF2N10O2. The highest BCUT2D eigenvalue weighted by Gasteiger charge is 2.27. The van der Waals surface area contributed by atoms with Gasteiger partial charge in [-0.1, -0.05) is 0 Å². The van der Waals surface area contributed by atoms with Crippen molar-refractivity contribution in [2.45, 2.75) is 19.3 Å². The van der Waals surface area contributed by atoms with Gasteiger partial charge in [-0.3, -0.25) is 4.79 Å². The van der Waals surface area contributed by atoms with Crippen molar-refractivity contribution in [1.29, 1.82) is 0 Å². The van der Waals surface area contributed by atoms with Gasteiger partial charge < -0.3 is 42.9 Å². The van der Waals surface area contributed by atoms with E-state index in [0.717, 1.165) is 13.0 Å². The van der Waals surface area contributed by atoms with Crippen molar-refractivity contribution in [3.05, 3.63) is 11.9 Å². The van der Waals surface area contributed by atoms with Crippen molar-refractivity contribution < 1.29 is 36.0 Å². The van der Waals surface area contributed by atoms with Gasteiger partial charge in [0.05, 0.1) is 32.4 Å². The summed E-state index contributed by atoms with van der Waals surface area (Å²) in [5.74, 6) is 0.684. The number of anilines is 3. The summed E-state index contributed by atoms with van der Waals surface area (Å²) in [6, 6.07) is 0. The number of piperazine rings is 1. The molecule has 36 heavy (non-hydrogen) atoms. The van der Waals surface area contributed by atoms with Gasteiger partial charge in [0.2, 0.25) is 23.8 Å². The van der Waals surface area contributed by atoms with Gasteiger partial charge in [0.1, 0.15) is 5.69 Å². The van der Waals surface area contributed by atoms with E-state index in [1.54, 1.807) is 0 Å². The SMILES string of the molecule is C[NH2+]CCCC(=O)N1CCN(c2nc(-c3cnc(N)nc3C(F)F)nc(N3CCOCC3)n2)CC1.[Cl-]. The number of quaternary nitrogens is 1. The quantitative estimate of drug-likeness (QED) is 0.329. The molecule has 198 valence electrons. The first-order valence-corrected chi connectivity index (χ1v) is 11.8. The third kappa shape index (κ3) is 6.62. The van der Waals surface area contributed by atoms with Crippen molar-refractivity contribution in [3.8, 4) is 11.4 Å². The average Bonchev–Trinajstić information content (AvgIpc) is 2.89. The molecule has 0 spiro atoms. The lowest BCUT2D eigenvalue weighted by atomic mass is 10.2. The molecule has 15 heteroatoms. The van der Waals surface area contributed by atoms with Gasteiger partial charge in [0.15, 0.2) is 5.82 Å². The summed E-state index contributed by atoms with van der Waals surface area (Å²) in [7, 11) is 1.98. The molecule has 4 N–H and O–H groups in total. The highest BCUT2D eigenvalue weighted by atomic mass is 35.5. The van der Waals surface area contributed by atoms with Gasteiger partial charge >= 0.3 is 0 Å². The Balaban J connectivity index is 0.00000361. The summed E-state index contributed by atoms with van der Waals surface area (Å²) in [4.78, 5) is 39.4. The Hall–Kier alpha value is -2.97. The second kappa shape index (κ2) is 12.8. The van der Waals surface area contributed by atoms with Crippen LogP contribution in [0.2, 0.25) is 0 Å². The summed E-state index contributed by atoms with van der Waals surface area (Å²) in [6.45, 7) is 5.21. The number of rotatable bonds is 8. The normalized spacial score (nSPS) is 16.3. The predicted molar refractivity (Wildman–Crippen MR) is 124 cm³/mol. The Labute approximate surface area is 214 Å². The number of carbonyl (C=O) groups is 1. The molecule has 0 saturated carbocycles. The number of aromatic nitrogens is 5. The zero-order valence-corrected chi connectivity index (χ0v) is 20.9. The Bertz CT molecular complexity index is 1020. The maximum atomic E-state index is 13.7. The van der Waals surface area contributed by atoms with Crippen LogP contribution in [0.3, 0.4) is 0 Å². The standard InChI is InChI=1S/C21H30F2N10O2.ClH/c1-25-4-2-3-15(34)31-5-7-32(8-6-31)20-28-18(14-13-26-19(24)27-16(14)17(22)23)29-21(30-20)33-9-11-35-12-10-33;/h13,17,25H,2-12H2,1H3,(H2,24,26,27);1H. The molecule has 2 aliphatic rings. The van der Waals surface area contributed by atoms with E-state index >= 15 is 0 Å². The zero-order valence-electron chi connectivity index (χ0n) is 20.1. The van der Waals surface area contributed by atoms with Gasteiger partial charge in [-0.05, 0) is 0 Å². The number of nitrogen functional groups attached to an aromatic ring is 1. The molecule has 0 aromatic carbocycles. The Morgan fingerprint density at radius 3 is 2.31 bits per heavy atom. The molecule has 0 aliphatic carbocycles. The van der Waals surface area contributed by atoms with Gasteiger partial charge in [-0.15, -0.1) is 0 Å². The monoisotopic (exact) mass is 528 g/mol. The molecule has 2 aromatic heterocycles. The number of halogens is 3. The third-order valence-corrected chi connectivity index (χ3v) is 5.99. The minimum atomic E-state index is -2.87. The zero-order chi connectivity index (χ0) is 24.8. The van der Waals surface area contributed by atoms with E-state index in [-0.39, 0.29) is 35.7 Å². The van der Waals surface area contributed by atoms with Gasteiger partial charge in [0.25, 0.3) is 6.43 Å². The molecule has 4 rings (SSSR count). The maximum Gasteiger partial charge on any atom is 0.281 e. The van der Waals surface area contributed by atoms with Crippen molar-refractivity contribution >= 4 is 23.8 Å². The molecule has 12 nitrogen and oxygen atoms in total. The molecule has 2 fully saturated rings. The van der Waals surface area contributed by atoms with E-state index in [1.807, 2.05) is 21.7 Å². The second-order valence-corrected chi connectivity index (χ2v) is 8.35. The number of morpholine rings is 1. The summed E-state index contributed by atoms with van der Waals surface area (Å²) >= 11 is 0. The first-order chi connectivity index (χ1) is 17.0. The first-order valence-electron chi connectivity index (χ1n) is 11.8. The molecule has 2 saturated heterocycles. The van der Waals surface area contributed by atoms with E-state index in [2.05, 4.69) is 30.2 Å². The van der Waals surface area contributed by atoms with Gasteiger partial charge in [-0.25, -0.2) is 18.7 Å². The first kappa shape index (κ1) is 27.6. The predicted octanol–water partition coefficient (Wildman–Crippen LogP) is -3.69. The van der Waals surface area contributed by atoms with E-state index in [9.17, 15) is 13.6 Å². The number of alkyl halides is 2. The third-order valence-electron chi connectivity index (χ3n) is 5.99. The number of hydrogen-bond donors (Lipinski definition) is 2. The molecule has 0 atom stereocenters. The molecule has 0 bridgehead atoms. The largest absolute Gasteiger partial charge is 1.00 e. The minimum absolute atomic E-state index is 0. The van der Waals surface area contributed by atoms with E-state index < -0.39 is 12.1 Å². The Kier molecular flexibility index (Phi) is 9.84. The summed E-state index contributed by atoms with van der Waals surface area (Å²) < 4.78 is 32.9. The average molecular weight is 529 g/mol. The molecule has 2 aromatic rings. The van der Waals surface area contributed by atoms with Crippen molar-refractivity contribution in [2.24, 2.45) is 0 Å². The number of carbonyl (C=O) groups excluding carboxylic acids is 1. The number of hydrogen-bond acceptors (Lipinski definition) is 10. The molecule has 0 radical (unpaired) electrons. The maximum absolute atomic E-state index is 13.7. The highest BCUT2D eigenvalue weighted by Crippen LogP contribution is 2.30. The van der Waals surface area contributed by atoms with Crippen LogP contribution >= 0.6 is 0 Å². The fourth-order valence-corrected chi connectivity index (χ4v) is 4.04. The van der Waals surface area contributed by atoms with E-state index in [0.29, 0.717) is 70.8 Å². The van der Waals surface area contributed by atoms with Crippen LogP contribution in [0.25, 0.3) is 11.4 Å². The lowest BCUT2D eigenvalue weighted by Crippen LogP contribution is -3.00. The highest BCUT2D eigenvalue weighted by molar-refractivity contribution is 5.76. The van der Waals surface area contributed by atoms with E-state index in [1.165, 1.54) is 6.20 Å². The minimum Gasteiger partial charge on any atom is -1.00 e. The Morgan fingerprint density at radius 2 is 1.69 bits per heavy atom. The molecule has 1 amide bonds. The molecule has 4 heterocycles. The van der Waals surface area contributed by atoms with Crippen LogP contribution in [0.15, 0.2) is 6.20 Å². The van der Waals surface area contributed by atoms with Crippen LogP contribution in [0, 0.1) is 0 Å². The van der Waals surface area contributed by atoms with Crippen LogP contribution in [0.1, 0.15) is 25.0 Å². The van der Waals surface area contributed by atoms with Gasteiger partial charge in [0, 0.05) is 58.3 Å². The Morgan fingerprint density at radius 1 is 1.06 bits per heavy atom.